The average Bonchev–Trinajstić information content (AvgIpc) is 3.53. The van der Waals surface area contributed by atoms with Crippen LogP contribution in [0.1, 0.15) is 0 Å². The molecular weight excluding hydrogens is 518 g/mol. The lowest BCUT2D eigenvalue weighted by Gasteiger charge is -2.11. The van der Waals surface area contributed by atoms with Gasteiger partial charge in [0.25, 0.3) is 0 Å². The predicted molar refractivity (Wildman–Crippen MR) is 166 cm³/mol. The van der Waals surface area contributed by atoms with E-state index in [1.165, 1.54) is 0 Å². The first kappa shape index (κ1) is 21.8. The molecule has 42 heavy (non-hydrogen) atoms. The van der Waals surface area contributed by atoms with Crippen molar-refractivity contribution in [2.75, 3.05) is 0 Å². The van der Waals surface area contributed by atoms with Gasteiger partial charge in [0.1, 0.15) is 12.7 Å². The largest absolute Gasteiger partial charge is 0.308 e. The fourth-order valence-corrected chi connectivity index (χ4v) is 6.84. The van der Waals surface area contributed by atoms with Crippen LogP contribution in [0.5, 0.6) is 0 Å². The van der Waals surface area contributed by atoms with E-state index in [1.54, 1.807) is 12.7 Å². The van der Waals surface area contributed by atoms with Crippen molar-refractivity contribution in [2.24, 2.45) is 0 Å². The van der Waals surface area contributed by atoms with Crippen molar-refractivity contribution in [3.05, 3.63) is 116 Å². The molecule has 7 heteroatoms. The maximum absolute atomic E-state index is 5.31. The first-order valence-electron chi connectivity index (χ1n) is 13.9. The van der Waals surface area contributed by atoms with Crippen LogP contribution in [0.25, 0.3) is 88.8 Å². The number of para-hydroxylation sites is 5. The van der Waals surface area contributed by atoms with Crippen molar-refractivity contribution in [1.82, 2.24) is 34.1 Å². The Morgan fingerprint density at radius 3 is 1.90 bits per heavy atom. The zero-order valence-electron chi connectivity index (χ0n) is 22.1. The van der Waals surface area contributed by atoms with E-state index in [-0.39, 0.29) is 0 Å². The second kappa shape index (κ2) is 7.83. The summed E-state index contributed by atoms with van der Waals surface area (Å²) in [6, 6.07) is 36.0. The Hall–Kier alpha value is -5.95. The van der Waals surface area contributed by atoms with Crippen LogP contribution in [0.2, 0.25) is 0 Å². The smallest absolute Gasteiger partial charge is 0.237 e. The third-order valence-corrected chi connectivity index (χ3v) is 8.47. The highest BCUT2D eigenvalue weighted by Crippen LogP contribution is 2.49. The van der Waals surface area contributed by atoms with Crippen LogP contribution in [0.3, 0.4) is 0 Å². The SMILES string of the molecule is c1ccc2c(c1)-c1nc3ccccc3nc1-c1cc3c4ccccc4n(-c4ncncn4)c3c3c4ccccc4n-2c13. The van der Waals surface area contributed by atoms with Crippen molar-refractivity contribution in [3.8, 4) is 34.2 Å². The highest BCUT2D eigenvalue weighted by Gasteiger charge is 2.30. The van der Waals surface area contributed by atoms with Crippen molar-refractivity contribution in [1.29, 1.82) is 0 Å². The molecule has 0 spiro atoms. The molecule has 4 aromatic heterocycles. The minimum absolute atomic E-state index is 0.587. The summed E-state index contributed by atoms with van der Waals surface area (Å²) in [6.45, 7) is 0. The second-order valence-electron chi connectivity index (χ2n) is 10.6. The van der Waals surface area contributed by atoms with Crippen LogP contribution in [0.15, 0.2) is 116 Å². The second-order valence-corrected chi connectivity index (χ2v) is 10.6. The van der Waals surface area contributed by atoms with E-state index in [9.17, 15) is 0 Å². The Kier molecular flexibility index (Phi) is 4.07. The molecule has 0 saturated heterocycles. The maximum atomic E-state index is 5.31. The Labute approximate surface area is 238 Å². The van der Waals surface area contributed by atoms with Gasteiger partial charge in [-0.1, -0.05) is 66.7 Å². The van der Waals surface area contributed by atoms with Crippen LogP contribution < -0.4 is 0 Å². The molecule has 9 aromatic rings. The lowest BCUT2D eigenvalue weighted by molar-refractivity contribution is 0.941. The van der Waals surface area contributed by atoms with Gasteiger partial charge in [0.05, 0.1) is 50.2 Å². The minimum Gasteiger partial charge on any atom is -0.308 e. The molecule has 1 aliphatic heterocycles. The minimum atomic E-state index is 0.587. The predicted octanol–water partition coefficient (Wildman–Crippen LogP) is 7.66. The van der Waals surface area contributed by atoms with Crippen LogP contribution in [0, 0.1) is 0 Å². The molecule has 7 nitrogen and oxygen atoms in total. The maximum Gasteiger partial charge on any atom is 0.237 e. The van der Waals surface area contributed by atoms with E-state index >= 15 is 0 Å². The first-order valence-corrected chi connectivity index (χ1v) is 13.9. The zero-order chi connectivity index (χ0) is 27.4. The van der Waals surface area contributed by atoms with Crippen LogP contribution >= 0.6 is 0 Å². The number of aromatic nitrogens is 7. The van der Waals surface area contributed by atoms with Gasteiger partial charge in [-0.15, -0.1) is 0 Å². The zero-order valence-corrected chi connectivity index (χ0v) is 22.1. The number of hydrogen-bond donors (Lipinski definition) is 0. The summed E-state index contributed by atoms with van der Waals surface area (Å²) in [4.78, 5) is 23.9. The molecule has 0 bridgehead atoms. The molecule has 10 rings (SSSR count). The van der Waals surface area contributed by atoms with Gasteiger partial charge in [-0.2, -0.15) is 0 Å². The molecule has 0 fully saturated rings. The van der Waals surface area contributed by atoms with E-state index in [1.807, 2.05) is 24.3 Å². The van der Waals surface area contributed by atoms with Gasteiger partial charge < -0.3 is 4.57 Å². The van der Waals surface area contributed by atoms with Crippen molar-refractivity contribution >= 4 is 54.6 Å². The summed E-state index contributed by atoms with van der Waals surface area (Å²) >= 11 is 0. The number of fused-ring (bicyclic) bond motifs is 13. The molecule has 5 heterocycles. The molecule has 0 aliphatic carbocycles. The van der Waals surface area contributed by atoms with Crippen molar-refractivity contribution in [2.45, 2.75) is 0 Å². The van der Waals surface area contributed by atoms with Crippen LogP contribution in [-0.2, 0) is 0 Å². The summed E-state index contributed by atoms with van der Waals surface area (Å²) in [5, 5.41) is 4.53. The Bertz CT molecular complexity index is 2580. The molecule has 1 aliphatic rings. The number of nitrogens with zero attached hydrogens (tertiary/aromatic N) is 7. The molecular formula is C35H19N7. The summed E-state index contributed by atoms with van der Waals surface area (Å²) in [7, 11) is 0. The number of hydrogen-bond acceptors (Lipinski definition) is 5. The molecule has 0 atom stereocenters. The van der Waals surface area contributed by atoms with Gasteiger partial charge in [-0.25, -0.2) is 24.9 Å². The highest BCUT2D eigenvalue weighted by molar-refractivity contribution is 6.29. The summed E-state index contributed by atoms with van der Waals surface area (Å²) in [5.41, 5.74) is 11.0. The van der Waals surface area contributed by atoms with Crippen LogP contribution in [-0.4, -0.2) is 34.1 Å². The third-order valence-electron chi connectivity index (χ3n) is 8.47. The van der Waals surface area contributed by atoms with Gasteiger partial charge in [-0.05, 0) is 36.4 Å². The van der Waals surface area contributed by atoms with Crippen molar-refractivity contribution < 1.29 is 0 Å². The van der Waals surface area contributed by atoms with E-state index in [4.69, 9.17) is 9.97 Å². The number of rotatable bonds is 1. The highest BCUT2D eigenvalue weighted by atomic mass is 15.2. The average molecular weight is 538 g/mol. The standard InChI is InChI=1S/C35H19N7/c1-6-14-27-20(9-1)23-17-24-32-31(39-25-12-4-5-13-26(25)40-32)22-11-3-8-16-29(22)41-28-15-7-2-10-21(28)30(34(24)41)33(23)42(27)35-37-18-36-19-38-35/h1-19H. The van der Waals surface area contributed by atoms with E-state index in [2.05, 4.69) is 103 Å². The van der Waals surface area contributed by atoms with Gasteiger partial charge in [0, 0.05) is 32.7 Å². The molecule has 0 unspecified atom stereocenters. The van der Waals surface area contributed by atoms with Crippen molar-refractivity contribution in [3.63, 3.8) is 0 Å². The quantitative estimate of drug-likeness (QED) is 0.215. The Morgan fingerprint density at radius 2 is 1.12 bits per heavy atom. The summed E-state index contributed by atoms with van der Waals surface area (Å²) in [6.07, 6.45) is 3.11. The lowest BCUT2D eigenvalue weighted by atomic mass is 9.98. The fraction of sp³-hybridized carbons (Fsp3) is 0. The molecule has 0 amide bonds. The topological polar surface area (TPSA) is 74.3 Å². The normalized spacial score (nSPS) is 12.3. The lowest BCUT2D eigenvalue weighted by Crippen LogP contribution is -2.01. The third kappa shape index (κ3) is 2.67. The molecule has 194 valence electrons. The molecule has 5 aromatic carbocycles. The Morgan fingerprint density at radius 1 is 0.500 bits per heavy atom. The summed E-state index contributed by atoms with van der Waals surface area (Å²) in [5.74, 6) is 0.587. The van der Waals surface area contributed by atoms with Gasteiger partial charge in [0.15, 0.2) is 0 Å². The van der Waals surface area contributed by atoms with E-state index in [0.29, 0.717) is 5.95 Å². The van der Waals surface area contributed by atoms with E-state index in [0.717, 1.165) is 82.8 Å². The summed E-state index contributed by atoms with van der Waals surface area (Å²) < 4.78 is 4.56. The van der Waals surface area contributed by atoms with Gasteiger partial charge >= 0.3 is 0 Å². The van der Waals surface area contributed by atoms with Crippen LogP contribution in [0.4, 0.5) is 0 Å². The Balaban J connectivity index is 1.54. The monoisotopic (exact) mass is 537 g/mol. The van der Waals surface area contributed by atoms with Gasteiger partial charge in [0.2, 0.25) is 5.95 Å². The first-order chi connectivity index (χ1) is 20.9. The molecule has 0 radical (unpaired) electrons. The van der Waals surface area contributed by atoms with E-state index < -0.39 is 0 Å². The fourth-order valence-electron chi connectivity index (χ4n) is 6.84. The number of benzene rings is 5. The van der Waals surface area contributed by atoms with Gasteiger partial charge in [-0.3, -0.25) is 4.57 Å². The molecule has 0 N–H and O–H groups in total. The molecule has 0 saturated carbocycles.